The van der Waals surface area contributed by atoms with Crippen LogP contribution >= 0.6 is 23.7 Å². The van der Waals surface area contributed by atoms with Crippen molar-refractivity contribution in [2.24, 2.45) is 0 Å². The first-order chi connectivity index (χ1) is 7.66. The van der Waals surface area contributed by atoms with Gasteiger partial charge in [0, 0.05) is 17.5 Å². The van der Waals surface area contributed by atoms with E-state index in [1.165, 1.54) is 10.4 Å². The molecule has 1 unspecified atom stereocenters. The summed E-state index contributed by atoms with van der Waals surface area (Å²) in [6.45, 7) is 6.07. The van der Waals surface area contributed by atoms with Gasteiger partial charge in [-0.05, 0) is 44.9 Å². The molecular weight excluding hydrogens is 256 g/mol. The van der Waals surface area contributed by atoms with Crippen molar-refractivity contribution in [3.05, 3.63) is 21.4 Å². The van der Waals surface area contributed by atoms with Crippen LogP contribution in [0.15, 0.2) is 6.07 Å². The van der Waals surface area contributed by atoms with Crippen LogP contribution in [0, 0.1) is 13.8 Å². The van der Waals surface area contributed by atoms with E-state index in [4.69, 9.17) is 0 Å². The monoisotopic (exact) mass is 274 g/mol. The maximum atomic E-state index is 11.9. The van der Waals surface area contributed by atoms with Gasteiger partial charge < -0.3 is 10.6 Å². The van der Waals surface area contributed by atoms with Gasteiger partial charge in [-0.15, -0.1) is 23.7 Å². The quantitative estimate of drug-likeness (QED) is 0.869. The van der Waals surface area contributed by atoms with Gasteiger partial charge in [-0.2, -0.15) is 0 Å². The number of aryl methyl sites for hydroxylation is 2. The Bertz CT molecular complexity index is 366. The molecule has 0 radical (unpaired) electrons. The van der Waals surface area contributed by atoms with Crippen LogP contribution < -0.4 is 10.6 Å². The van der Waals surface area contributed by atoms with Gasteiger partial charge in [-0.3, -0.25) is 4.79 Å². The Balaban J connectivity index is 0.00000144. The smallest absolute Gasteiger partial charge is 0.261 e. The third-order valence-corrected chi connectivity index (χ3v) is 4.17. The Morgan fingerprint density at radius 2 is 2.29 bits per heavy atom. The zero-order valence-electron chi connectivity index (χ0n) is 10.2. The number of carbonyl (C=O) groups is 1. The Hall–Kier alpha value is -0.580. The molecule has 0 aromatic carbocycles. The van der Waals surface area contributed by atoms with E-state index in [1.807, 2.05) is 13.0 Å². The molecule has 0 bridgehead atoms. The van der Waals surface area contributed by atoms with E-state index in [2.05, 4.69) is 17.6 Å². The number of halogens is 1. The predicted molar refractivity (Wildman–Crippen MR) is 74.4 cm³/mol. The first kappa shape index (κ1) is 14.5. The molecule has 1 fully saturated rings. The van der Waals surface area contributed by atoms with Crippen molar-refractivity contribution < 1.29 is 4.79 Å². The van der Waals surface area contributed by atoms with Crippen LogP contribution in [0.1, 0.15) is 33.0 Å². The molecule has 5 heteroatoms. The van der Waals surface area contributed by atoms with Crippen LogP contribution in [0.4, 0.5) is 0 Å². The van der Waals surface area contributed by atoms with E-state index in [1.54, 1.807) is 11.3 Å². The second kappa shape index (κ2) is 6.38. The lowest BCUT2D eigenvalue weighted by atomic mass is 10.1. The maximum absolute atomic E-state index is 11.9. The number of thiophene rings is 1. The van der Waals surface area contributed by atoms with Gasteiger partial charge in [0.2, 0.25) is 0 Å². The normalized spacial score (nSPS) is 19.5. The Morgan fingerprint density at radius 1 is 1.53 bits per heavy atom. The van der Waals surface area contributed by atoms with Crippen LogP contribution in [0.3, 0.4) is 0 Å². The van der Waals surface area contributed by atoms with Crippen molar-refractivity contribution in [1.29, 1.82) is 0 Å². The highest BCUT2D eigenvalue weighted by atomic mass is 35.5. The van der Waals surface area contributed by atoms with E-state index >= 15 is 0 Å². The average molecular weight is 275 g/mol. The van der Waals surface area contributed by atoms with Gasteiger partial charge in [0.25, 0.3) is 5.91 Å². The van der Waals surface area contributed by atoms with Crippen LogP contribution in [0.5, 0.6) is 0 Å². The van der Waals surface area contributed by atoms with Crippen molar-refractivity contribution in [3.63, 3.8) is 0 Å². The highest BCUT2D eigenvalue weighted by Crippen LogP contribution is 2.20. The van der Waals surface area contributed by atoms with E-state index in [-0.39, 0.29) is 18.3 Å². The maximum Gasteiger partial charge on any atom is 0.261 e. The molecule has 17 heavy (non-hydrogen) atoms. The summed E-state index contributed by atoms with van der Waals surface area (Å²) in [4.78, 5) is 14.0. The molecule has 1 amide bonds. The number of carbonyl (C=O) groups excluding carboxylic acids is 1. The fourth-order valence-corrected chi connectivity index (χ4v) is 2.85. The Morgan fingerprint density at radius 3 is 2.82 bits per heavy atom. The lowest BCUT2D eigenvalue weighted by Crippen LogP contribution is -2.45. The van der Waals surface area contributed by atoms with Crippen molar-refractivity contribution >= 4 is 29.7 Å². The molecule has 1 aromatic heterocycles. The number of hydrogen-bond acceptors (Lipinski definition) is 3. The van der Waals surface area contributed by atoms with Gasteiger partial charge in [0.1, 0.15) is 0 Å². The second-order valence-electron chi connectivity index (χ2n) is 4.37. The molecule has 1 aromatic rings. The van der Waals surface area contributed by atoms with Crippen molar-refractivity contribution in [3.8, 4) is 0 Å². The Labute approximate surface area is 112 Å². The zero-order valence-corrected chi connectivity index (χ0v) is 11.8. The van der Waals surface area contributed by atoms with E-state index in [0.29, 0.717) is 6.04 Å². The molecule has 2 rings (SSSR count). The molecule has 2 N–H and O–H groups in total. The molecule has 1 saturated heterocycles. The van der Waals surface area contributed by atoms with Crippen LogP contribution in [0.2, 0.25) is 0 Å². The Kier molecular flexibility index (Phi) is 5.43. The summed E-state index contributed by atoms with van der Waals surface area (Å²) in [6.07, 6.45) is 2.23. The SMILES string of the molecule is Cc1cc(C(=O)NC2CCCNC2)sc1C.Cl. The molecule has 1 aliphatic heterocycles. The van der Waals surface area contributed by atoms with E-state index in [9.17, 15) is 4.79 Å². The minimum atomic E-state index is 0. The highest BCUT2D eigenvalue weighted by Gasteiger charge is 2.17. The predicted octanol–water partition coefficient (Wildman–Crippen LogP) is 2.27. The molecule has 96 valence electrons. The van der Waals surface area contributed by atoms with E-state index < -0.39 is 0 Å². The largest absolute Gasteiger partial charge is 0.347 e. The third-order valence-electron chi connectivity index (χ3n) is 3.02. The summed E-state index contributed by atoms with van der Waals surface area (Å²) in [6, 6.07) is 2.27. The first-order valence-electron chi connectivity index (χ1n) is 5.75. The fraction of sp³-hybridized carbons (Fsp3) is 0.583. The van der Waals surface area contributed by atoms with Gasteiger partial charge in [-0.1, -0.05) is 0 Å². The summed E-state index contributed by atoms with van der Waals surface area (Å²) >= 11 is 1.58. The summed E-state index contributed by atoms with van der Waals surface area (Å²) < 4.78 is 0. The van der Waals surface area contributed by atoms with Crippen LogP contribution in [-0.2, 0) is 0 Å². The third kappa shape index (κ3) is 3.69. The summed E-state index contributed by atoms with van der Waals surface area (Å²) in [7, 11) is 0. The molecule has 1 aliphatic rings. The topological polar surface area (TPSA) is 41.1 Å². The highest BCUT2D eigenvalue weighted by molar-refractivity contribution is 7.14. The molecular formula is C12H19ClN2OS. The van der Waals surface area contributed by atoms with Crippen molar-refractivity contribution in [2.45, 2.75) is 32.7 Å². The summed E-state index contributed by atoms with van der Waals surface area (Å²) in [5, 5.41) is 6.38. The first-order valence-corrected chi connectivity index (χ1v) is 6.57. The lowest BCUT2D eigenvalue weighted by molar-refractivity contribution is 0.0935. The van der Waals surface area contributed by atoms with Crippen LogP contribution in [0.25, 0.3) is 0 Å². The standard InChI is InChI=1S/C12H18N2OS.ClH/c1-8-6-11(16-9(8)2)12(15)14-10-4-3-5-13-7-10;/h6,10,13H,3-5,7H2,1-2H3,(H,14,15);1H. The lowest BCUT2D eigenvalue weighted by Gasteiger charge is -2.23. The number of rotatable bonds is 2. The van der Waals surface area contributed by atoms with Crippen molar-refractivity contribution in [1.82, 2.24) is 10.6 Å². The summed E-state index contributed by atoms with van der Waals surface area (Å²) in [5.41, 5.74) is 1.21. The number of hydrogen-bond donors (Lipinski definition) is 2. The number of piperidine rings is 1. The van der Waals surface area contributed by atoms with Crippen molar-refractivity contribution in [2.75, 3.05) is 13.1 Å². The molecule has 2 heterocycles. The molecule has 3 nitrogen and oxygen atoms in total. The minimum Gasteiger partial charge on any atom is -0.347 e. The summed E-state index contributed by atoms with van der Waals surface area (Å²) in [5.74, 6) is 0.0786. The van der Waals surface area contributed by atoms with Gasteiger partial charge in [-0.25, -0.2) is 0 Å². The zero-order chi connectivity index (χ0) is 11.5. The fourth-order valence-electron chi connectivity index (χ4n) is 1.92. The molecule has 0 aliphatic carbocycles. The molecule has 1 atom stereocenters. The molecule has 0 saturated carbocycles. The van der Waals surface area contributed by atoms with E-state index in [0.717, 1.165) is 30.8 Å². The number of amides is 1. The van der Waals surface area contributed by atoms with Gasteiger partial charge in [0.05, 0.1) is 4.88 Å². The second-order valence-corrected chi connectivity index (χ2v) is 5.62. The minimum absolute atomic E-state index is 0. The van der Waals surface area contributed by atoms with Crippen LogP contribution in [-0.4, -0.2) is 25.0 Å². The average Bonchev–Trinajstić information content (AvgIpc) is 2.61. The molecule has 0 spiro atoms. The number of nitrogens with one attached hydrogen (secondary N) is 2. The van der Waals surface area contributed by atoms with Gasteiger partial charge in [0.15, 0.2) is 0 Å². The van der Waals surface area contributed by atoms with Gasteiger partial charge >= 0.3 is 0 Å².